The number of hydrogen-bond acceptors (Lipinski definition) is 3. The van der Waals surface area contributed by atoms with Gasteiger partial charge in [0, 0.05) is 42.8 Å². The van der Waals surface area contributed by atoms with Crippen LogP contribution in [0, 0.1) is 6.92 Å². The van der Waals surface area contributed by atoms with Gasteiger partial charge in [0.15, 0.2) is 0 Å². The first-order valence-electron chi connectivity index (χ1n) is 9.42. The van der Waals surface area contributed by atoms with Gasteiger partial charge in [0.1, 0.15) is 0 Å². The number of halogens is 1. The Bertz CT molecular complexity index is 1040. The minimum atomic E-state index is -0.330. The molecule has 0 saturated carbocycles. The molecule has 0 fully saturated rings. The summed E-state index contributed by atoms with van der Waals surface area (Å²) in [7, 11) is 1.74. The van der Waals surface area contributed by atoms with Crippen molar-refractivity contribution in [1.29, 1.82) is 0 Å². The maximum Gasteiger partial charge on any atom is 0.322 e. The summed E-state index contributed by atoms with van der Waals surface area (Å²) in [4.78, 5) is 30.2. The van der Waals surface area contributed by atoms with Crippen molar-refractivity contribution in [3.05, 3.63) is 88.7 Å². The Kier molecular flexibility index (Phi) is 6.69. The van der Waals surface area contributed by atoms with E-state index in [-0.39, 0.29) is 18.0 Å². The quantitative estimate of drug-likeness (QED) is 0.589. The summed E-state index contributed by atoms with van der Waals surface area (Å²) in [5.74, 6) is -0.172. The maximum atomic E-state index is 13.1. The van der Waals surface area contributed by atoms with Crippen molar-refractivity contribution in [3.8, 4) is 0 Å². The van der Waals surface area contributed by atoms with E-state index < -0.39 is 0 Å². The molecule has 0 radical (unpaired) electrons. The van der Waals surface area contributed by atoms with Gasteiger partial charge < -0.3 is 15.5 Å². The number of nitrogens with one attached hydrogen (secondary N) is 2. The number of anilines is 2. The Hall–Kier alpha value is -3.38. The smallest absolute Gasteiger partial charge is 0.322 e. The fourth-order valence-electron chi connectivity index (χ4n) is 3.19. The van der Waals surface area contributed by atoms with Crippen LogP contribution in [0.2, 0.25) is 5.02 Å². The Morgan fingerprint density at radius 2 is 1.60 bits per heavy atom. The Morgan fingerprint density at radius 1 is 0.967 bits per heavy atom. The number of urea groups is 1. The van der Waals surface area contributed by atoms with Crippen LogP contribution in [0.4, 0.5) is 16.2 Å². The molecule has 0 saturated heterocycles. The zero-order chi connectivity index (χ0) is 21.7. The van der Waals surface area contributed by atoms with Crippen molar-refractivity contribution in [1.82, 2.24) is 9.88 Å². The van der Waals surface area contributed by atoms with Crippen LogP contribution >= 0.6 is 11.6 Å². The van der Waals surface area contributed by atoms with E-state index in [0.717, 1.165) is 16.7 Å². The molecule has 2 N–H and O–H groups in total. The topological polar surface area (TPSA) is 74.3 Å². The second-order valence-corrected chi connectivity index (χ2v) is 7.42. The van der Waals surface area contributed by atoms with Gasteiger partial charge in [0.2, 0.25) is 5.91 Å². The van der Waals surface area contributed by atoms with Gasteiger partial charge in [0.05, 0.1) is 6.04 Å². The third-order valence-corrected chi connectivity index (χ3v) is 4.97. The van der Waals surface area contributed by atoms with Crippen molar-refractivity contribution in [3.63, 3.8) is 0 Å². The van der Waals surface area contributed by atoms with Crippen LogP contribution in [0.15, 0.2) is 67.0 Å². The lowest BCUT2D eigenvalue weighted by Crippen LogP contribution is -2.35. The molecule has 7 heteroatoms. The molecular formula is C23H23ClN4O2. The van der Waals surface area contributed by atoms with E-state index in [1.54, 1.807) is 48.6 Å². The zero-order valence-corrected chi connectivity index (χ0v) is 17.8. The van der Waals surface area contributed by atoms with E-state index in [2.05, 4.69) is 15.6 Å². The minimum absolute atomic E-state index is 0.172. The molecule has 0 aliphatic rings. The first-order chi connectivity index (χ1) is 14.3. The van der Waals surface area contributed by atoms with E-state index in [9.17, 15) is 9.59 Å². The molecule has 1 atom stereocenters. The summed E-state index contributed by atoms with van der Waals surface area (Å²) >= 11 is 6.05. The molecule has 154 valence electrons. The van der Waals surface area contributed by atoms with Gasteiger partial charge >= 0.3 is 6.03 Å². The number of aryl methyl sites for hydroxylation is 1. The second kappa shape index (κ2) is 9.41. The van der Waals surface area contributed by atoms with Crippen LogP contribution in [0.1, 0.15) is 29.7 Å². The fourth-order valence-corrected chi connectivity index (χ4v) is 3.31. The van der Waals surface area contributed by atoms with E-state index in [4.69, 9.17) is 11.6 Å². The Morgan fingerprint density at radius 3 is 2.23 bits per heavy atom. The van der Waals surface area contributed by atoms with E-state index in [1.165, 1.54) is 6.92 Å². The summed E-state index contributed by atoms with van der Waals surface area (Å²) in [6.07, 6.45) is 3.40. The van der Waals surface area contributed by atoms with Crippen LogP contribution in [0.25, 0.3) is 0 Å². The number of carbonyl (C=O) groups is 2. The van der Waals surface area contributed by atoms with Crippen molar-refractivity contribution in [2.75, 3.05) is 17.7 Å². The predicted molar refractivity (Wildman–Crippen MR) is 120 cm³/mol. The largest absolute Gasteiger partial charge is 0.326 e. The van der Waals surface area contributed by atoms with Crippen LogP contribution in [0.5, 0.6) is 0 Å². The molecule has 1 heterocycles. The lowest BCUT2D eigenvalue weighted by Gasteiger charge is -2.29. The number of amides is 3. The van der Waals surface area contributed by atoms with E-state index in [0.29, 0.717) is 16.4 Å². The molecule has 0 spiro atoms. The van der Waals surface area contributed by atoms with Gasteiger partial charge in [-0.2, -0.15) is 0 Å². The number of pyridine rings is 1. The second-order valence-electron chi connectivity index (χ2n) is 6.99. The number of hydrogen-bond donors (Lipinski definition) is 2. The molecular weight excluding hydrogens is 400 g/mol. The summed E-state index contributed by atoms with van der Waals surface area (Å²) in [6.45, 7) is 3.34. The fraction of sp³-hybridized carbons (Fsp3) is 0.174. The van der Waals surface area contributed by atoms with Crippen LogP contribution in [0.3, 0.4) is 0 Å². The molecule has 3 amide bonds. The van der Waals surface area contributed by atoms with Gasteiger partial charge in [-0.25, -0.2) is 4.79 Å². The summed E-state index contributed by atoms with van der Waals surface area (Å²) in [5.41, 5.74) is 3.98. The summed E-state index contributed by atoms with van der Waals surface area (Å²) in [5, 5.41) is 6.31. The predicted octanol–water partition coefficient (Wildman–Crippen LogP) is 5.26. The maximum absolute atomic E-state index is 13.1. The summed E-state index contributed by atoms with van der Waals surface area (Å²) in [6, 6.07) is 15.9. The van der Waals surface area contributed by atoms with Crippen molar-refractivity contribution >= 4 is 34.9 Å². The molecule has 2 aromatic carbocycles. The highest BCUT2D eigenvalue weighted by atomic mass is 35.5. The number of rotatable bonds is 5. The highest BCUT2D eigenvalue weighted by molar-refractivity contribution is 6.30. The minimum Gasteiger partial charge on any atom is -0.326 e. The highest BCUT2D eigenvalue weighted by Gasteiger charge is 2.24. The number of benzene rings is 2. The molecule has 30 heavy (non-hydrogen) atoms. The zero-order valence-electron chi connectivity index (χ0n) is 17.0. The number of aromatic nitrogens is 1. The molecule has 1 unspecified atom stereocenters. The van der Waals surface area contributed by atoms with Gasteiger partial charge in [-0.1, -0.05) is 29.8 Å². The average molecular weight is 423 g/mol. The van der Waals surface area contributed by atoms with Gasteiger partial charge in [-0.3, -0.25) is 9.78 Å². The number of carbonyl (C=O) groups excluding carboxylic acids is 2. The van der Waals surface area contributed by atoms with Crippen LogP contribution in [-0.2, 0) is 4.79 Å². The molecule has 0 aliphatic heterocycles. The third-order valence-electron chi connectivity index (χ3n) is 4.71. The molecule has 3 rings (SSSR count). The first kappa shape index (κ1) is 21.3. The average Bonchev–Trinajstić information content (AvgIpc) is 2.72. The van der Waals surface area contributed by atoms with Gasteiger partial charge in [0.25, 0.3) is 0 Å². The van der Waals surface area contributed by atoms with E-state index in [1.807, 2.05) is 37.3 Å². The Labute approximate surface area is 180 Å². The van der Waals surface area contributed by atoms with Crippen molar-refractivity contribution in [2.24, 2.45) is 0 Å². The van der Waals surface area contributed by atoms with Crippen LogP contribution < -0.4 is 10.6 Å². The summed E-state index contributed by atoms with van der Waals surface area (Å²) < 4.78 is 0. The third kappa shape index (κ3) is 5.15. The molecule has 0 aliphatic carbocycles. The van der Waals surface area contributed by atoms with Gasteiger partial charge in [-0.15, -0.1) is 0 Å². The number of nitrogens with zero attached hydrogens (tertiary/aromatic N) is 2. The highest BCUT2D eigenvalue weighted by Crippen LogP contribution is 2.29. The van der Waals surface area contributed by atoms with Crippen molar-refractivity contribution in [2.45, 2.75) is 19.9 Å². The monoisotopic (exact) mass is 422 g/mol. The molecule has 6 nitrogen and oxygen atoms in total. The van der Waals surface area contributed by atoms with E-state index >= 15 is 0 Å². The lowest BCUT2D eigenvalue weighted by molar-refractivity contribution is -0.114. The van der Waals surface area contributed by atoms with Gasteiger partial charge in [-0.05, 0) is 60.0 Å². The van der Waals surface area contributed by atoms with Crippen molar-refractivity contribution < 1.29 is 9.59 Å². The standard InChI is InChI=1S/C23H23ClN4O2/c1-15-4-9-20(26-16(2)29)14-21(15)27-23(30)28(3)22(18-10-12-25-13-11-18)17-5-7-19(24)8-6-17/h4-14,22H,1-3H3,(H,26,29)(H,27,30). The molecule has 0 bridgehead atoms. The first-order valence-corrected chi connectivity index (χ1v) is 9.80. The van der Waals surface area contributed by atoms with Crippen LogP contribution in [-0.4, -0.2) is 28.9 Å². The normalized spacial score (nSPS) is 11.5. The SMILES string of the molecule is CC(=O)Nc1ccc(C)c(NC(=O)N(C)C(c2ccncc2)c2ccc(Cl)cc2)c1. The Balaban J connectivity index is 1.89. The molecule has 3 aromatic rings. The molecule has 1 aromatic heterocycles. The lowest BCUT2D eigenvalue weighted by atomic mass is 9.98.